The van der Waals surface area contributed by atoms with E-state index in [4.69, 9.17) is 2.74 Å². The summed E-state index contributed by atoms with van der Waals surface area (Å²) in [5.41, 5.74) is 3.05. The second kappa shape index (κ2) is 5.16. The maximum atomic E-state index is 7.64. The van der Waals surface area contributed by atoms with Crippen LogP contribution in [-0.4, -0.2) is 0 Å². The van der Waals surface area contributed by atoms with E-state index in [9.17, 15) is 0 Å². The molecule has 0 amide bonds. The quantitative estimate of drug-likeness (QED) is 0.606. The average molecular weight is 217 g/mol. The SMILES string of the molecule is [2H]C([3H])/C(=C\C=C(/C)C(C)(C)C)c1ccccc1. The molecule has 0 spiro atoms. The molecule has 1 aromatic rings. The van der Waals surface area contributed by atoms with Gasteiger partial charge in [-0.25, -0.2) is 0 Å². The van der Waals surface area contributed by atoms with Gasteiger partial charge in [0.2, 0.25) is 0 Å². The molecule has 0 aromatic heterocycles. The molecule has 1 atom stereocenters. The number of rotatable bonds is 2. The first-order chi connectivity index (χ1) is 8.32. The Bertz CT molecular complexity index is 434. The molecule has 0 aliphatic heterocycles. The molecule has 1 unspecified atom stereocenters. The van der Waals surface area contributed by atoms with E-state index in [1.165, 1.54) is 5.57 Å². The normalized spacial score (nSPS) is 17.8. The van der Waals surface area contributed by atoms with Crippen molar-refractivity contribution in [1.82, 2.24) is 0 Å². The molecule has 0 aliphatic rings. The Morgan fingerprint density at radius 2 is 1.88 bits per heavy atom. The van der Waals surface area contributed by atoms with Crippen molar-refractivity contribution in [1.29, 1.82) is 0 Å². The van der Waals surface area contributed by atoms with Gasteiger partial charge < -0.3 is 0 Å². The fourth-order valence-electron chi connectivity index (χ4n) is 1.19. The molecule has 1 aromatic carbocycles. The van der Waals surface area contributed by atoms with Crippen molar-refractivity contribution in [2.45, 2.75) is 34.6 Å². The van der Waals surface area contributed by atoms with Crippen LogP contribution in [-0.2, 0) is 0 Å². The van der Waals surface area contributed by atoms with Crippen LogP contribution in [0.15, 0.2) is 48.1 Å². The van der Waals surface area contributed by atoms with Crippen LogP contribution in [0.5, 0.6) is 0 Å². The van der Waals surface area contributed by atoms with E-state index >= 15 is 0 Å². The second-order valence-corrected chi connectivity index (χ2v) is 5.09. The third-order valence-corrected chi connectivity index (χ3v) is 2.80. The molecule has 0 aliphatic carbocycles. The number of hydrogen-bond acceptors (Lipinski definition) is 0. The highest BCUT2D eigenvalue weighted by Crippen LogP contribution is 2.25. The topological polar surface area (TPSA) is 0 Å². The molecule has 0 bridgehead atoms. The summed E-state index contributed by atoms with van der Waals surface area (Å²) < 4.78 is 15.3. The van der Waals surface area contributed by atoms with Crippen LogP contribution in [0, 0.1) is 5.41 Å². The van der Waals surface area contributed by atoms with Gasteiger partial charge in [0.15, 0.2) is 0 Å². The van der Waals surface area contributed by atoms with Crippen LogP contribution in [0.1, 0.15) is 42.9 Å². The molecule has 0 saturated heterocycles. The van der Waals surface area contributed by atoms with Gasteiger partial charge in [-0.1, -0.05) is 68.8 Å². The maximum absolute atomic E-state index is 7.64. The van der Waals surface area contributed by atoms with Crippen molar-refractivity contribution in [3.05, 3.63) is 53.6 Å². The van der Waals surface area contributed by atoms with E-state index in [1.807, 2.05) is 42.5 Å². The molecule has 16 heavy (non-hydrogen) atoms. The van der Waals surface area contributed by atoms with E-state index in [2.05, 4.69) is 27.7 Å². The lowest BCUT2D eigenvalue weighted by Gasteiger charge is -2.18. The number of hydrogen-bond donors (Lipinski definition) is 0. The van der Waals surface area contributed by atoms with Gasteiger partial charge in [-0.2, -0.15) is 0 Å². The monoisotopic (exact) mass is 217 g/mol. The van der Waals surface area contributed by atoms with Gasteiger partial charge in [0.05, 0.1) is 0 Å². The van der Waals surface area contributed by atoms with Crippen LogP contribution in [0.3, 0.4) is 0 Å². The molecule has 0 nitrogen and oxygen atoms in total. The van der Waals surface area contributed by atoms with Crippen LogP contribution in [0.2, 0.25) is 0 Å². The summed E-state index contributed by atoms with van der Waals surface area (Å²) >= 11 is 0. The van der Waals surface area contributed by atoms with Crippen molar-refractivity contribution in [2.75, 3.05) is 0 Å². The summed E-state index contributed by atoms with van der Waals surface area (Å²) in [4.78, 5) is 0. The molecule has 86 valence electrons. The Balaban J connectivity index is 3.09. The van der Waals surface area contributed by atoms with Gasteiger partial charge in [-0.05, 0) is 30.4 Å². The summed E-state index contributed by atoms with van der Waals surface area (Å²) in [6.07, 6.45) is 3.93. The van der Waals surface area contributed by atoms with Crippen molar-refractivity contribution in [2.24, 2.45) is 5.41 Å². The minimum atomic E-state index is -0.962. The van der Waals surface area contributed by atoms with E-state index in [0.717, 1.165) is 11.1 Å². The number of allylic oxidation sites excluding steroid dienone is 4. The molecule has 0 heteroatoms. The Hall–Kier alpha value is -1.30. The molecule has 0 N–H and O–H groups in total. The Morgan fingerprint density at radius 1 is 1.25 bits per heavy atom. The van der Waals surface area contributed by atoms with Gasteiger partial charge in [-0.15, -0.1) is 0 Å². The van der Waals surface area contributed by atoms with E-state index in [0.29, 0.717) is 0 Å². The van der Waals surface area contributed by atoms with Gasteiger partial charge in [0.25, 0.3) is 0 Å². The molecule has 0 fully saturated rings. The summed E-state index contributed by atoms with van der Waals surface area (Å²) in [7, 11) is 0. The smallest absolute Gasteiger partial charge is 0.0280 e. The minimum absolute atomic E-state index is 0.123. The number of benzene rings is 1. The molecular weight excluding hydrogens is 192 g/mol. The molecule has 0 heterocycles. The first-order valence-electron chi connectivity index (χ1n) is 6.76. The summed E-state index contributed by atoms with van der Waals surface area (Å²) in [6, 6.07) is 9.71. The van der Waals surface area contributed by atoms with E-state index in [1.54, 1.807) is 0 Å². The lowest BCUT2D eigenvalue weighted by Crippen LogP contribution is -2.05. The van der Waals surface area contributed by atoms with E-state index in [-0.39, 0.29) is 5.41 Å². The first kappa shape index (κ1) is 9.89. The first-order valence-corrected chi connectivity index (χ1v) is 5.61. The standard InChI is InChI=1S/C16H22/c1-13(15-9-7-6-8-10-15)11-12-14(2)16(3,4)5/h6-12H,1-5H3/b13-11+,14-12+/i1TD. The molecule has 1 rings (SSSR count). The minimum Gasteiger partial charge on any atom is -0.0679 e. The average Bonchev–Trinajstić information content (AvgIpc) is 2.28. The predicted molar refractivity (Wildman–Crippen MR) is 73.3 cm³/mol. The largest absolute Gasteiger partial charge is 0.0679 e. The Kier molecular flexibility index (Phi) is 3.19. The van der Waals surface area contributed by atoms with Crippen molar-refractivity contribution < 1.29 is 2.74 Å². The highest BCUT2D eigenvalue weighted by atomic mass is 14.2. The lowest BCUT2D eigenvalue weighted by molar-refractivity contribution is 0.504. The molecule has 0 radical (unpaired) electrons. The molecule has 0 saturated carbocycles. The fraction of sp³-hybridized carbons (Fsp3) is 0.375. The highest BCUT2D eigenvalue weighted by Gasteiger charge is 2.11. The van der Waals surface area contributed by atoms with Crippen molar-refractivity contribution in [3.8, 4) is 0 Å². The van der Waals surface area contributed by atoms with Gasteiger partial charge in [0.1, 0.15) is 0 Å². The van der Waals surface area contributed by atoms with Crippen molar-refractivity contribution >= 4 is 5.57 Å². The zero-order valence-electron chi connectivity index (χ0n) is 12.6. The second-order valence-electron chi connectivity index (χ2n) is 5.09. The molecular formula is C16H22. The summed E-state index contributed by atoms with van der Waals surface area (Å²) in [5, 5.41) is 0. The fourth-order valence-corrected chi connectivity index (χ4v) is 1.19. The van der Waals surface area contributed by atoms with Crippen LogP contribution < -0.4 is 0 Å². The summed E-state index contributed by atoms with van der Waals surface area (Å²) in [5.74, 6) is 0. The van der Waals surface area contributed by atoms with Gasteiger partial charge in [-0.3, -0.25) is 0 Å². The van der Waals surface area contributed by atoms with Crippen molar-refractivity contribution in [3.63, 3.8) is 0 Å². The maximum Gasteiger partial charge on any atom is 0.0280 e. The highest BCUT2D eigenvalue weighted by molar-refractivity contribution is 5.65. The van der Waals surface area contributed by atoms with E-state index < -0.39 is 6.88 Å². The lowest BCUT2D eigenvalue weighted by atomic mass is 9.87. The third kappa shape index (κ3) is 3.69. The zero-order chi connectivity index (χ0) is 13.8. The van der Waals surface area contributed by atoms with Crippen LogP contribution in [0.4, 0.5) is 0 Å². The zero-order valence-corrected chi connectivity index (χ0v) is 10.6. The van der Waals surface area contributed by atoms with Crippen LogP contribution >= 0.6 is 0 Å². The van der Waals surface area contributed by atoms with Gasteiger partial charge >= 0.3 is 0 Å². The Morgan fingerprint density at radius 3 is 2.38 bits per heavy atom. The van der Waals surface area contributed by atoms with Crippen LogP contribution in [0.25, 0.3) is 5.57 Å². The summed E-state index contributed by atoms with van der Waals surface area (Å²) in [6.45, 7) is 7.61. The van der Waals surface area contributed by atoms with Gasteiger partial charge in [0, 0.05) is 2.74 Å². The Labute approximate surface area is 103 Å². The predicted octanol–water partition coefficient (Wildman–Crippen LogP) is 5.08. The third-order valence-electron chi connectivity index (χ3n) is 2.80.